The van der Waals surface area contributed by atoms with E-state index in [1.165, 1.54) is 19.3 Å². The van der Waals surface area contributed by atoms with E-state index >= 15 is 0 Å². The summed E-state index contributed by atoms with van der Waals surface area (Å²) in [5.41, 5.74) is 1.09. The van der Waals surface area contributed by atoms with Crippen LogP contribution in [-0.4, -0.2) is 38.9 Å². The molecule has 1 amide bonds. The lowest BCUT2D eigenvalue weighted by Gasteiger charge is -2.33. The third-order valence-corrected chi connectivity index (χ3v) is 4.14. The Bertz CT molecular complexity index is 455. The second-order valence-electron chi connectivity index (χ2n) is 6.48. The highest BCUT2D eigenvalue weighted by Crippen LogP contribution is 2.19. The second-order valence-corrected chi connectivity index (χ2v) is 6.48. The van der Waals surface area contributed by atoms with Gasteiger partial charge in [0, 0.05) is 31.7 Å². The molecule has 1 fully saturated rings. The van der Waals surface area contributed by atoms with E-state index in [2.05, 4.69) is 23.4 Å². The summed E-state index contributed by atoms with van der Waals surface area (Å²) in [6, 6.07) is 0. The summed E-state index contributed by atoms with van der Waals surface area (Å²) in [6.07, 6.45) is 7.70. The molecule has 0 saturated carbocycles. The first-order chi connectivity index (χ1) is 10.1. The molecule has 0 N–H and O–H groups in total. The lowest BCUT2D eigenvalue weighted by atomic mass is 9.97. The van der Waals surface area contributed by atoms with Crippen molar-refractivity contribution >= 4 is 5.91 Å². The maximum Gasteiger partial charge on any atom is 0.225 e. The van der Waals surface area contributed by atoms with E-state index < -0.39 is 0 Å². The number of amides is 1. The van der Waals surface area contributed by atoms with Crippen LogP contribution in [-0.2, 0) is 17.8 Å². The topological polar surface area (TPSA) is 51.0 Å². The number of aryl methyl sites for hydroxylation is 1. The van der Waals surface area contributed by atoms with Gasteiger partial charge in [-0.1, -0.05) is 32.4 Å². The monoisotopic (exact) mass is 292 g/mol. The van der Waals surface area contributed by atoms with Gasteiger partial charge >= 0.3 is 0 Å². The molecule has 0 aromatic carbocycles. The van der Waals surface area contributed by atoms with E-state index in [-0.39, 0.29) is 11.8 Å². The molecule has 5 heteroatoms. The minimum atomic E-state index is 0.0933. The van der Waals surface area contributed by atoms with Gasteiger partial charge in [-0.05, 0) is 31.6 Å². The van der Waals surface area contributed by atoms with E-state index in [0.29, 0.717) is 5.92 Å². The largest absolute Gasteiger partial charge is 0.342 e. The number of carbonyl (C=O) groups is 1. The number of likely N-dealkylation sites (tertiary alicyclic amines) is 1. The smallest absolute Gasteiger partial charge is 0.225 e. The van der Waals surface area contributed by atoms with Crippen molar-refractivity contribution in [3.8, 4) is 0 Å². The first kappa shape index (κ1) is 16.0. The SMILES string of the molecule is CCCCc1cn(C[C@H]2CCCN(C(=O)C(C)C)C2)nn1. The van der Waals surface area contributed by atoms with Crippen LogP contribution in [0.15, 0.2) is 6.20 Å². The predicted octanol–water partition coefficient (Wildman–Crippen LogP) is 2.52. The van der Waals surface area contributed by atoms with Gasteiger partial charge in [-0.3, -0.25) is 9.48 Å². The van der Waals surface area contributed by atoms with Crippen molar-refractivity contribution in [1.29, 1.82) is 0 Å². The van der Waals surface area contributed by atoms with Gasteiger partial charge in [0.1, 0.15) is 0 Å². The second kappa shape index (κ2) is 7.57. The minimum absolute atomic E-state index is 0.0933. The van der Waals surface area contributed by atoms with Crippen LogP contribution in [0.25, 0.3) is 0 Å². The van der Waals surface area contributed by atoms with Crippen LogP contribution in [0, 0.1) is 11.8 Å². The maximum atomic E-state index is 12.1. The molecule has 1 aliphatic rings. The molecule has 1 aromatic rings. The molecule has 0 bridgehead atoms. The predicted molar refractivity (Wildman–Crippen MR) is 82.8 cm³/mol. The van der Waals surface area contributed by atoms with Crippen molar-refractivity contribution in [2.75, 3.05) is 13.1 Å². The summed E-state index contributed by atoms with van der Waals surface area (Å²) in [5.74, 6) is 0.875. The van der Waals surface area contributed by atoms with Gasteiger partial charge in [0.2, 0.25) is 5.91 Å². The fourth-order valence-corrected chi connectivity index (χ4v) is 2.94. The maximum absolute atomic E-state index is 12.1. The molecule has 1 atom stereocenters. The van der Waals surface area contributed by atoms with Gasteiger partial charge in [0.15, 0.2) is 0 Å². The molecule has 0 unspecified atom stereocenters. The summed E-state index contributed by atoms with van der Waals surface area (Å²) in [5, 5.41) is 8.47. The zero-order valence-corrected chi connectivity index (χ0v) is 13.6. The fraction of sp³-hybridized carbons (Fsp3) is 0.812. The molecule has 2 rings (SSSR count). The molecule has 1 aliphatic heterocycles. The van der Waals surface area contributed by atoms with E-state index in [4.69, 9.17) is 0 Å². The van der Waals surface area contributed by atoms with E-state index in [1.807, 2.05) is 23.4 Å². The van der Waals surface area contributed by atoms with Gasteiger partial charge in [0.05, 0.1) is 5.69 Å². The Morgan fingerprint density at radius 2 is 2.29 bits per heavy atom. The van der Waals surface area contributed by atoms with Crippen LogP contribution in [0.4, 0.5) is 0 Å². The standard InChI is InChI=1S/C16H28N4O/c1-4-5-8-15-12-20(18-17-15)11-14-7-6-9-19(10-14)16(21)13(2)3/h12-14H,4-11H2,1-3H3/t14-/m0/s1. The fourth-order valence-electron chi connectivity index (χ4n) is 2.94. The van der Waals surface area contributed by atoms with Crippen LogP contribution < -0.4 is 0 Å². The lowest BCUT2D eigenvalue weighted by molar-refractivity contribution is -0.136. The van der Waals surface area contributed by atoms with Crippen LogP contribution in [0.5, 0.6) is 0 Å². The van der Waals surface area contributed by atoms with Crippen molar-refractivity contribution in [1.82, 2.24) is 19.9 Å². The van der Waals surface area contributed by atoms with E-state index in [9.17, 15) is 4.79 Å². The number of hydrogen-bond acceptors (Lipinski definition) is 3. The zero-order valence-electron chi connectivity index (χ0n) is 13.6. The first-order valence-corrected chi connectivity index (χ1v) is 8.28. The Morgan fingerprint density at radius 3 is 3.00 bits per heavy atom. The lowest BCUT2D eigenvalue weighted by Crippen LogP contribution is -2.42. The molecule has 1 aromatic heterocycles. The van der Waals surface area contributed by atoms with Crippen LogP contribution in [0.1, 0.15) is 52.1 Å². The van der Waals surface area contributed by atoms with Gasteiger partial charge < -0.3 is 4.90 Å². The third-order valence-electron chi connectivity index (χ3n) is 4.14. The summed E-state index contributed by atoms with van der Waals surface area (Å²) in [7, 11) is 0. The molecule has 0 spiro atoms. The molecule has 0 radical (unpaired) electrons. The Hall–Kier alpha value is -1.39. The molecule has 118 valence electrons. The number of nitrogens with zero attached hydrogens (tertiary/aromatic N) is 4. The highest BCUT2D eigenvalue weighted by atomic mass is 16.2. The van der Waals surface area contributed by atoms with Crippen molar-refractivity contribution < 1.29 is 4.79 Å². The molecule has 2 heterocycles. The number of piperidine rings is 1. The molecule has 21 heavy (non-hydrogen) atoms. The Morgan fingerprint density at radius 1 is 1.48 bits per heavy atom. The van der Waals surface area contributed by atoms with Crippen LogP contribution in [0.2, 0.25) is 0 Å². The molecule has 0 aliphatic carbocycles. The third kappa shape index (κ3) is 4.55. The minimum Gasteiger partial charge on any atom is -0.342 e. The highest BCUT2D eigenvalue weighted by Gasteiger charge is 2.25. The first-order valence-electron chi connectivity index (χ1n) is 8.28. The summed E-state index contributed by atoms with van der Waals surface area (Å²) in [6.45, 7) is 8.79. The van der Waals surface area contributed by atoms with Crippen molar-refractivity contribution in [2.45, 2.75) is 59.4 Å². The summed E-state index contributed by atoms with van der Waals surface area (Å²) >= 11 is 0. The number of carbonyl (C=O) groups excluding carboxylic acids is 1. The Kier molecular flexibility index (Phi) is 5.76. The Balaban J connectivity index is 1.87. The van der Waals surface area contributed by atoms with E-state index in [0.717, 1.165) is 38.2 Å². The highest BCUT2D eigenvalue weighted by molar-refractivity contribution is 5.78. The zero-order chi connectivity index (χ0) is 15.2. The molecular weight excluding hydrogens is 264 g/mol. The van der Waals surface area contributed by atoms with Crippen molar-refractivity contribution in [2.24, 2.45) is 11.8 Å². The molecular formula is C16H28N4O. The summed E-state index contributed by atoms with van der Waals surface area (Å²) < 4.78 is 1.96. The van der Waals surface area contributed by atoms with Crippen LogP contribution in [0.3, 0.4) is 0 Å². The Labute approximate surface area is 127 Å². The van der Waals surface area contributed by atoms with Gasteiger partial charge in [-0.15, -0.1) is 5.10 Å². The number of rotatable bonds is 6. The number of aromatic nitrogens is 3. The average Bonchev–Trinajstić information content (AvgIpc) is 2.92. The molecule has 5 nitrogen and oxygen atoms in total. The van der Waals surface area contributed by atoms with Crippen molar-refractivity contribution in [3.63, 3.8) is 0 Å². The summed E-state index contributed by atoms with van der Waals surface area (Å²) in [4.78, 5) is 14.1. The van der Waals surface area contributed by atoms with Gasteiger partial charge in [-0.2, -0.15) is 0 Å². The average molecular weight is 292 g/mol. The van der Waals surface area contributed by atoms with Crippen molar-refractivity contribution in [3.05, 3.63) is 11.9 Å². The normalized spacial score (nSPS) is 19.2. The molecule has 1 saturated heterocycles. The van der Waals surface area contributed by atoms with Gasteiger partial charge in [0.25, 0.3) is 0 Å². The number of unbranched alkanes of at least 4 members (excludes halogenated alkanes) is 1. The quantitative estimate of drug-likeness (QED) is 0.809. The van der Waals surface area contributed by atoms with Gasteiger partial charge in [-0.25, -0.2) is 0 Å². The van der Waals surface area contributed by atoms with Crippen LogP contribution >= 0.6 is 0 Å². The number of hydrogen-bond donors (Lipinski definition) is 0. The van der Waals surface area contributed by atoms with E-state index in [1.54, 1.807) is 0 Å².